The molecule has 1 aliphatic heterocycles. The lowest BCUT2D eigenvalue weighted by Gasteiger charge is -2.37. The predicted octanol–water partition coefficient (Wildman–Crippen LogP) is 3.72. The van der Waals surface area contributed by atoms with Gasteiger partial charge < -0.3 is 33.0 Å². The van der Waals surface area contributed by atoms with Crippen molar-refractivity contribution in [3.63, 3.8) is 0 Å². The number of amides is 1. The number of hydrazone groups is 1. The quantitative estimate of drug-likeness (QED) is 0.0930. The maximum Gasteiger partial charge on any atom is 0.303 e. The molecule has 0 aliphatic carbocycles. The fourth-order valence-electron chi connectivity index (χ4n) is 5.29. The van der Waals surface area contributed by atoms with Gasteiger partial charge in [0.15, 0.2) is 24.4 Å². The first-order valence-electron chi connectivity index (χ1n) is 16.6. The number of thiazole rings is 1. The second kappa shape index (κ2) is 19.6. The number of hydrogen-bond acceptors (Lipinski definition) is 16. The Balaban J connectivity index is 1.79. The van der Waals surface area contributed by atoms with E-state index in [1.54, 1.807) is 10.8 Å². The standard InChI is InChI=1S/C36H38BrN5O12S/c1-20(43)42-35(34(53-25(6)48)33(52-24(5)47)32(51-23(4)46)30(50-22(3)45)18-49-21(2)44)54-31(40-42)17-41-29(27-10-8-7-9-11-27)19-55-36(41)39-38-16-26-12-14-28(37)15-13-26/h7-16,19,30,32-35H,17-18H2,1-6H3/b38-16+,39-36+/t30-,32-,33+,34+,35?/m1/s1. The van der Waals surface area contributed by atoms with Gasteiger partial charge in [-0.05, 0) is 23.3 Å². The summed E-state index contributed by atoms with van der Waals surface area (Å²) in [4.78, 5) is 75.1. The largest absolute Gasteiger partial charge is 0.462 e. The Labute approximate surface area is 327 Å². The molecule has 0 radical (unpaired) electrons. The number of ether oxygens (including phenoxy) is 6. The zero-order chi connectivity index (χ0) is 40.2. The fraction of sp³-hybridized carbons (Fsp3) is 0.361. The van der Waals surface area contributed by atoms with E-state index in [2.05, 4.69) is 31.2 Å². The summed E-state index contributed by atoms with van der Waals surface area (Å²) in [5.41, 5.74) is 2.32. The molecule has 0 fully saturated rings. The number of benzene rings is 2. The Morgan fingerprint density at radius 2 is 1.45 bits per heavy atom. The monoisotopic (exact) mass is 843 g/mol. The number of carbonyl (C=O) groups excluding carboxylic acids is 6. The smallest absolute Gasteiger partial charge is 0.303 e. The summed E-state index contributed by atoms with van der Waals surface area (Å²) < 4.78 is 36.0. The minimum absolute atomic E-state index is 0.0617. The SMILES string of the molecule is CC(=O)OC[C@@H](OC(C)=O)[C@@H](OC(C)=O)[C@H](OC(C)=O)[C@H](OC(C)=O)C1OC(Cn2c(-c3ccccc3)cs/c2=N/N=C/c2ccc(Br)cc2)=NN1C(C)=O. The lowest BCUT2D eigenvalue weighted by Crippen LogP contribution is -2.59. The summed E-state index contributed by atoms with van der Waals surface area (Å²) in [6, 6.07) is 16.8. The first-order chi connectivity index (χ1) is 26.1. The number of nitrogens with zero attached hydrogens (tertiary/aromatic N) is 5. The van der Waals surface area contributed by atoms with E-state index in [0.29, 0.717) is 10.5 Å². The van der Waals surface area contributed by atoms with Crippen LogP contribution >= 0.6 is 27.3 Å². The van der Waals surface area contributed by atoms with Crippen LogP contribution in [-0.4, -0.2) is 94.7 Å². The van der Waals surface area contributed by atoms with Crippen LogP contribution in [0.4, 0.5) is 0 Å². The summed E-state index contributed by atoms with van der Waals surface area (Å²) in [6.45, 7) is 5.63. The molecule has 0 spiro atoms. The van der Waals surface area contributed by atoms with E-state index < -0.39 is 73.0 Å². The zero-order valence-electron chi connectivity index (χ0n) is 30.6. The van der Waals surface area contributed by atoms with Crippen LogP contribution in [0.5, 0.6) is 0 Å². The van der Waals surface area contributed by atoms with Gasteiger partial charge in [0, 0.05) is 51.4 Å². The van der Waals surface area contributed by atoms with Gasteiger partial charge in [-0.15, -0.1) is 21.5 Å². The van der Waals surface area contributed by atoms with Crippen molar-refractivity contribution in [2.75, 3.05) is 6.61 Å². The predicted molar refractivity (Wildman–Crippen MR) is 199 cm³/mol. The van der Waals surface area contributed by atoms with Crippen molar-refractivity contribution >= 4 is 75.1 Å². The number of halogens is 1. The summed E-state index contributed by atoms with van der Waals surface area (Å²) in [5.74, 6) is -5.19. The molecular formula is C36H38BrN5O12S. The van der Waals surface area contributed by atoms with Gasteiger partial charge in [-0.1, -0.05) is 58.4 Å². The Morgan fingerprint density at radius 1 is 0.836 bits per heavy atom. The van der Waals surface area contributed by atoms with Crippen molar-refractivity contribution < 1.29 is 57.2 Å². The Hall–Kier alpha value is -5.69. The van der Waals surface area contributed by atoms with Crippen molar-refractivity contribution in [2.24, 2.45) is 15.3 Å². The third-order valence-electron chi connectivity index (χ3n) is 7.39. The van der Waals surface area contributed by atoms with Crippen molar-refractivity contribution in [2.45, 2.75) is 78.7 Å². The van der Waals surface area contributed by atoms with E-state index in [1.807, 2.05) is 60.0 Å². The van der Waals surface area contributed by atoms with Gasteiger partial charge in [-0.25, -0.2) is 0 Å². The number of rotatable bonds is 15. The van der Waals surface area contributed by atoms with Gasteiger partial charge in [0.2, 0.25) is 22.8 Å². The highest BCUT2D eigenvalue weighted by Gasteiger charge is 2.52. The van der Waals surface area contributed by atoms with Gasteiger partial charge in [-0.2, -0.15) is 10.1 Å². The Kier molecular flexibility index (Phi) is 15.0. The second-order valence-electron chi connectivity index (χ2n) is 11.8. The number of carbonyl (C=O) groups is 6. The lowest BCUT2D eigenvalue weighted by atomic mass is 10.00. The Morgan fingerprint density at radius 3 is 2.04 bits per heavy atom. The summed E-state index contributed by atoms with van der Waals surface area (Å²) in [5, 5.41) is 15.8. The first kappa shape index (κ1) is 42.1. The molecule has 17 nitrogen and oxygen atoms in total. The molecule has 292 valence electrons. The van der Waals surface area contributed by atoms with Crippen LogP contribution in [0.1, 0.15) is 47.1 Å². The van der Waals surface area contributed by atoms with Gasteiger partial charge in [0.05, 0.1) is 11.9 Å². The van der Waals surface area contributed by atoms with Crippen molar-refractivity contribution in [3.8, 4) is 11.3 Å². The molecule has 1 aliphatic rings. The molecule has 3 aromatic rings. The minimum Gasteiger partial charge on any atom is -0.462 e. The highest BCUT2D eigenvalue weighted by molar-refractivity contribution is 9.10. The van der Waals surface area contributed by atoms with Crippen LogP contribution < -0.4 is 4.80 Å². The summed E-state index contributed by atoms with van der Waals surface area (Å²) in [6.07, 6.45) is -6.98. The molecule has 5 atom stereocenters. The third kappa shape index (κ3) is 12.2. The van der Waals surface area contributed by atoms with E-state index >= 15 is 0 Å². The van der Waals surface area contributed by atoms with Crippen molar-refractivity contribution in [1.29, 1.82) is 0 Å². The molecule has 55 heavy (non-hydrogen) atoms. The maximum atomic E-state index is 13.1. The van der Waals surface area contributed by atoms with E-state index in [9.17, 15) is 28.8 Å². The van der Waals surface area contributed by atoms with Crippen LogP contribution in [0.2, 0.25) is 0 Å². The molecule has 0 saturated heterocycles. The van der Waals surface area contributed by atoms with Gasteiger partial charge in [0.1, 0.15) is 13.2 Å². The van der Waals surface area contributed by atoms with Gasteiger partial charge in [-0.3, -0.25) is 28.8 Å². The van der Waals surface area contributed by atoms with Crippen LogP contribution in [0.3, 0.4) is 0 Å². The minimum atomic E-state index is -1.82. The van der Waals surface area contributed by atoms with E-state index in [0.717, 1.165) is 55.2 Å². The average Bonchev–Trinajstić information content (AvgIpc) is 3.72. The van der Waals surface area contributed by atoms with Crippen LogP contribution in [-0.2, 0) is 63.7 Å². The molecule has 19 heteroatoms. The van der Waals surface area contributed by atoms with Crippen molar-refractivity contribution in [1.82, 2.24) is 9.58 Å². The second-order valence-corrected chi connectivity index (χ2v) is 13.5. The normalized spacial score (nSPS) is 16.3. The molecular weight excluding hydrogens is 806 g/mol. The van der Waals surface area contributed by atoms with Crippen LogP contribution in [0.15, 0.2) is 79.8 Å². The molecule has 1 unspecified atom stereocenters. The molecule has 0 bridgehead atoms. The fourth-order valence-corrected chi connectivity index (χ4v) is 6.42. The molecule has 1 amide bonds. The average molecular weight is 845 g/mol. The number of aromatic nitrogens is 1. The van der Waals surface area contributed by atoms with Crippen LogP contribution in [0.25, 0.3) is 11.3 Å². The third-order valence-corrected chi connectivity index (χ3v) is 8.77. The zero-order valence-corrected chi connectivity index (χ0v) is 33.0. The highest BCUT2D eigenvalue weighted by Crippen LogP contribution is 2.29. The molecule has 1 aromatic heterocycles. The molecule has 0 saturated carbocycles. The summed E-state index contributed by atoms with van der Waals surface area (Å²) >= 11 is 4.69. The van der Waals surface area contributed by atoms with Crippen molar-refractivity contribution in [3.05, 3.63) is 74.8 Å². The topological polar surface area (TPSA) is 203 Å². The summed E-state index contributed by atoms with van der Waals surface area (Å²) in [7, 11) is 0. The van der Waals surface area contributed by atoms with E-state index in [4.69, 9.17) is 28.4 Å². The highest BCUT2D eigenvalue weighted by atomic mass is 79.9. The van der Waals surface area contributed by atoms with E-state index in [-0.39, 0.29) is 12.4 Å². The number of esters is 5. The lowest BCUT2D eigenvalue weighted by molar-refractivity contribution is -0.216. The molecule has 4 rings (SSSR count). The molecule has 0 N–H and O–H groups in total. The number of hydrogen-bond donors (Lipinski definition) is 0. The van der Waals surface area contributed by atoms with Gasteiger partial charge in [0.25, 0.3) is 0 Å². The van der Waals surface area contributed by atoms with Gasteiger partial charge >= 0.3 is 29.8 Å². The Bertz CT molecular complexity index is 2010. The molecule has 2 heterocycles. The van der Waals surface area contributed by atoms with E-state index in [1.165, 1.54) is 18.3 Å². The first-order valence-corrected chi connectivity index (χ1v) is 18.2. The molecule has 2 aromatic carbocycles. The van der Waals surface area contributed by atoms with Crippen LogP contribution in [0, 0.1) is 0 Å². The maximum absolute atomic E-state index is 13.1.